The van der Waals surface area contributed by atoms with E-state index < -0.39 is 5.60 Å². The summed E-state index contributed by atoms with van der Waals surface area (Å²) in [4.78, 5) is 27.6. The van der Waals surface area contributed by atoms with Crippen molar-refractivity contribution in [2.45, 2.75) is 38.2 Å². The van der Waals surface area contributed by atoms with Crippen LogP contribution in [0.15, 0.2) is 36.7 Å². The van der Waals surface area contributed by atoms with Crippen LogP contribution in [0.2, 0.25) is 0 Å². The number of ether oxygens (including phenoxy) is 1. The van der Waals surface area contributed by atoms with Gasteiger partial charge >= 0.3 is 0 Å². The summed E-state index contributed by atoms with van der Waals surface area (Å²) in [6.45, 7) is 7.37. The van der Waals surface area contributed by atoms with Crippen LogP contribution in [0, 0.1) is 6.92 Å². The number of rotatable bonds is 8. The number of piperidine rings is 1. The molecule has 0 radical (unpaired) electrons. The minimum atomic E-state index is -0.986. The molecular weight excluding hydrogens is 418 g/mol. The first-order chi connectivity index (χ1) is 15.9. The first-order valence-electron chi connectivity index (χ1n) is 11.9. The lowest BCUT2D eigenvalue weighted by Crippen LogP contribution is -2.54. The molecule has 0 bridgehead atoms. The lowest BCUT2D eigenvalue weighted by Gasteiger charge is -2.41. The number of hydrogen-bond acceptors (Lipinski definition) is 7. The molecule has 1 atom stereocenters. The van der Waals surface area contributed by atoms with E-state index in [1.54, 1.807) is 30.4 Å². The number of hydrogen-bond donors (Lipinski definition) is 1. The molecule has 4 rings (SSSR count). The van der Waals surface area contributed by atoms with E-state index in [2.05, 4.69) is 19.8 Å². The molecule has 1 N–H and O–H groups in total. The number of aliphatic hydroxyl groups is 1. The third-order valence-corrected chi connectivity index (χ3v) is 6.52. The van der Waals surface area contributed by atoms with Crippen molar-refractivity contribution in [3.63, 3.8) is 0 Å². The van der Waals surface area contributed by atoms with Gasteiger partial charge in [0.15, 0.2) is 0 Å². The van der Waals surface area contributed by atoms with E-state index >= 15 is 0 Å². The Balaban J connectivity index is 1.30. The lowest BCUT2D eigenvalue weighted by atomic mass is 9.92. The van der Waals surface area contributed by atoms with Crippen LogP contribution >= 0.6 is 0 Å². The number of aryl methyl sites for hydroxylation is 1. The molecule has 1 aromatic carbocycles. The summed E-state index contributed by atoms with van der Waals surface area (Å²) in [6, 6.07) is 9.21. The van der Waals surface area contributed by atoms with Crippen molar-refractivity contribution in [2.24, 2.45) is 0 Å². The molecule has 0 aliphatic carbocycles. The van der Waals surface area contributed by atoms with Crippen LogP contribution in [-0.4, -0.2) is 89.3 Å². The van der Waals surface area contributed by atoms with Crippen molar-refractivity contribution < 1.29 is 14.6 Å². The van der Waals surface area contributed by atoms with Gasteiger partial charge in [-0.15, -0.1) is 0 Å². The van der Waals surface area contributed by atoms with E-state index in [0.29, 0.717) is 25.1 Å². The van der Waals surface area contributed by atoms with Crippen molar-refractivity contribution in [1.82, 2.24) is 19.8 Å². The van der Waals surface area contributed by atoms with Gasteiger partial charge in [-0.05, 0) is 70.0 Å². The minimum absolute atomic E-state index is 0.109. The molecule has 2 saturated heterocycles. The molecule has 1 aromatic heterocycles. The van der Waals surface area contributed by atoms with Gasteiger partial charge in [-0.1, -0.05) is 0 Å². The molecule has 33 heavy (non-hydrogen) atoms. The molecule has 2 fully saturated rings. The van der Waals surface area contributed by atoms with E-state index in [-0.39, 0.29) is 12.5 Å². The van der Waals surface area contributed by atoms with Crippen LogP contribution in [0.25, 0.3) is 0 Å². The van der Waals surface area contributed by atoms with Gasteiger partial charge in [0.2, 0.25) is 0 Å². The molecular formula is C25H35N5O3. The lowest BCUT2D eigenvalue weighted by molar-refractivity contribution is -0.000142. The van der Waals surface area contributed by atoms with Crippen molar-refractivity contribution in [3.05, 3.63) is 47.9 Å². The fourth-order valence-corrected chi connectivity index (χ4v) is 4.78. The van der Waals surface area contributed by atoms with Crippen LogP contribution < -0.4 is 9.64 Å². The van der Waals surface area contributed by atoms with E-state index in [9.17, 15) is 9.90 Å². The Morgan fingerprint density at radius 2 is 1.91 bits per heavy atom. The van der Waals surface area contributed by atoms with E-state index in [1.165, 1.54) is 12.8 Å². The Labute approximate surface area is 196 Å². The standard InChI is InChI=1S/C25H35N5O3/c1-20-16-23(27-19-26-20)30-13-5-10-25(32,18-30)17-28(2)24(31)21-6-8-22(9-7-21)33-15-14-29-11-3-4-12-29/h6-9,16,19,32H,3-5,10-15,17-18H2,1-2H3/t25-/m1/s1. The molecule has 2 aromatic rings. The van der Waals surface area contributed by atoms with Crippen molar-refractivity contribution in [1.29, 1.82) is 0 Å². The second kappa shape index (κ2) is 10.5. The Morgan fingerprint density at radius 1 is 1.15 bits per heavy atom. The van der Waals surface area contributed by atoms with E-state index in [1.807, 2.05) is 25.1 Å². The van der Waals surface area contributed by atoms with Crippen LogP contribution in [-0.2, 0) is 0 Å². The van der Waals surface area contributed by atoms with Gasteiger partial charge in [0.25, 0.3) is 5.91 Å². The Hall–Kier alpha value is -2.71. The van der Waals surface area contributed by atoms with Crippen LogP contribution in [0.5, 0.6) is 5.75 Å². The number of carbonyl (C=O) groups is 1. The normalized spacial score (nSPS) is 21.2. The summed E-state index contributed by atoms with van der Waals surface area (Å²) in [5, 5.41) is 11.3. The number of likely N-dealkylation sites (N-methyl/N-ethyl adjacent to an activating group) is 1. The van der Waals surface area contributed by atoms with Crippen LogP contribution in [0.1, 0.15) is 41.7 Å². The van der Waals surface area contributed by atoms with Gasteiger partial charge in [0.05, 0.1) is 12.1 Å². The predicted molar refractivity (Wildman–Crippen MR) is 128 cm³/mol. The Kier molecular flexibility index (Phi) is 7.45. The maximum absolute atomic E-state index is 13.0. The monoisotopic (exact) mass is 453 g/mol. The molecule has 2 aliphatic heterocycles. The molecule has 2 aliphatic rings. The highest BCUT2D eigenvalue weighted by Gasteiger charge is 2.36. The van der Waals surface area contributed by atoms with Crippen LogP contribution in [0.4, 0.5) is 5.82 Å². The highest BCUT2D eigenvalue weighted by Crippen LogP contribution is 2.26. The molecule has 0 spiro atoms. The van der Waals surface area contributed by atoms with Crippen molar-refractivity contribution >= 4 is 11.7 Å². The van der Waals surface area contributed by atoms with E-state index in [0.717, 1.165) is 49.9 Å². The summed E-state index contributed by atoms with van der Waals surface area (Å²) in [5.74, 6) is 1.48. The number of likely N-dealkylation sites (tertiary alicyclic amines) is 1. The molecule has 0 saturated carbocycles. The minimum Gasteiger partial charge on any atom is -0.492 e. The summed E-state index contributed by atoms with van der Waals surface area (Å²) in [5.41, 5.74) is 0.497. The molecule has 3 heterocycles. The average Bonchev–Trinajstić information content (AvgIpc) is 3.32. The number of anilines is 1. The Morgan fingerprint density at radius 3 is 2.64 bits per heavy atom. The summed E-state index contributed by atoms with van der Waals surface area (Å²) in [6.07, 6.45) is 5.59. The van der Waals surface area contributed by atoms with Gasteiger partial charge in [-0.2, -0.15) is 0 Å². The summed E-state index contributed by atoms with van der Waals surface area (Å²) < 4.78 is 5.84. The Bertz CT molecular complexity index is 932. The molecule has 0 unspecified atom stereocenters. The second-order valence-corrected chi connectivity index (χ2v) is 9.35. The molecule has 8 nitrogen and oxygen atoms in total. The van der Waals surface area contributed by atoms with Gasteiger partial charge in [-0.25, -0.2) is 9.97 Å². The molecule has 1 amide bonds. The highest BCUT2D eigenvalue weighted by molar-refractivity contribution is 5.94. The number of nitrogens with zero attached hydrogens (tertiary/aromatic N) is 5. The maximum atomic E-state index is 13.0. The van der Waals surface area contributed by atoms with Crippen molar-refractivity contribution in [2.75, 3.05) is 57.8 Å². The molecule has 8 heteroatoms. The first-order valence-corrected chi connectivity index (χ1v) is 11.9. The third kappa shape index (κ3) is 6.21. The number of aromatic nitrogens is 2. The number of β-amino-alcohol motifs (C(OH)–C–C–N with tert-alkyl or cyclic N) is 1. The van der Waals surface area contributed by atoms with Gasteiger partial charge in [0.1, 0.15) is 24.5 Å². The van der Waals surface area contributed by atoms with Gasteiger partial charge in [-0.3, -0.25) is 9.69 Å². The second-order valence-electron chi connectivity index (χ2n) is 9.35. The largest absolute Gasteiger partial charge is 0.492 e. The number of amides is 1. The SMILES string of the molecule is Cc1cc(N2CCC[C@@](O)(CN(C)C(=O)c3ccc(OCCN4CCCC4)cc3)C2)ncn1. The van der Waals surface area contributed by atoms with E-state index in [4.69, 9.17) is 4.74 Å². The third-order valence-electron chi connectivity index (χ3n) is 6.52. The van der Waals surface area contributed by atoms with Crippen LogP contribution in [0.3, 0.4) is 0 Å². The average molecular weight is 454 g/mol. The maximum Gasteiger partial charge on any atom is 0.253 e. The number of benzene rings is 1. The van der Waals surface area contributed by atoms with Gasteiger partial charge < -0.3 is 19.6 Å². The zero-order valence-electron chi connectivity index (χ0n) is 19.7. The first kappa shape index (κ1) is 23.4. The van der Waals surface area contributed by atoms with Crippen molar-refractivity contribution in [3.8, 4) is 5.75 Å². The fourth-order valence-electron chi connectivity index (χ4n) is 4.78. The predicted octanol–water partition coefficient (Wildman–Crippen LogP) is 2.36. The number of carbonyl (C=O) groups excluding carboxylic acids is 1. The quantitative estimate of drug-likeness (QED) is 0.657. The smallest absolute Gasteiger partial charge is 0.253 e. The topological polar surface area (TPSA) is 82.0 Å². The zero-order valence-corrected chi connectivity index (χ0v) is 19.7. The summed E-state index contributed by atoms with van der Waals surface area (Å²) in [7, 11) is 1.74. The fraction of sp³-hybridized carbons (Fsp3) is 0.560. The molecule has 178 valence electrons. The highest BCUT2D eigenvalue weighted by atomic mass is 16.5. The zero-order chi connectivity index (χ0) is 23.3. The van der Waals surface area contributed by atoms with Gasteiger partial charge in [0, 0.05) is 44.0 Å². The summed E-state index contributed by atoms with van der Waals surface area (Å²) >= 11 is 0.